The summed E-state index contributed by atoms with van der Waals surface area (Å²) in [6, 6.07) is 13.8. The largest absolute Gasteiger partial charge is 0.481 e. The molecular formula is C22H23N3O3. The van der Waals surface area contributed by atoms with Gasteiger partial charge >= 0.3 is 5.97 Å². The summed E-state index contributed by atoms with van der Waals surface area (Å²) in [6.45, 7) is 2.84. The molecule has 28 heavy (non-hydrogen) atoms. The average molecular weight is 377 g/mol. The maximum Gasteiger partial charge on any atom is 0.307 e. The first kappa shape index (κ1) is 18.4. The Kier molecular flexibility index (Phi) is 5.48. The molecule has 1 fully saturated rings. The molecule has 1 aliphatic heterocycles. The monoisotopic (exact) mass is 377 g/mol. The summed E-state index contributed by atoms with van der Waals surface area (Å²) in [4.78, 5) is 17.3. The van der Waals surface area contributed by atoms with E-state index in [0.29, 0.717) is 5.92 Å². The van der Waals surface area contributed by atoms with Gasteiger partial charge in [0, 0.05) is 30.6 Å². The number of carboxylic acid groups (broad SMARTS) is 1. The number of nitrogens with zero attached hydrogens (tertiary/aromatic N) is 3. The van der Waals surface area contributed by atoms with Gasteiger partial charge in [0.2, 0.25) is 0 Å². The second kappa shape index (κ2) is 8.35. The van der Waals surface area contributed by atoms with Gasteiger partial charge in [0.15, 0.2) is 5.76 Å². The number of pyridine rings is 1. The molecule has 3 aromatic rings. The van der Waals surface area contributed by atoms with E-state index in [2.05, 4.69) is 27.2 Å². The standard InChI is InChI=1S/C22H23N3O3/c26-22(27)11-17-5-3-16(4-6-17)10-18-7-9-25(14-18)15-20-12-21(24-28-20)19-2-1-8-23-13-19/h1-6,8,12-13,18H,7,9-11,14-15H2,(H,26,27). The zero-order chi connectivity index (χ0) is 19.3. The second-order valence-corrected chi connectivity index (χ2v) is 7.40. The van der Waals surface area contributed by atoms with Crippen LogP contribution in [0.15, 0.2) is 59.4 Å². The van der Waals surface area contributed by atoms with Crippen molar-refractivity contribution in [3.63, 3.8) is 0 Å². The molecule has 1 N–H and O–H groups in total. The lowest BCUT2D eigenvalue weighted by Gasteiger charge is -2.14. The second-order valence-electron chi connectivity index (χ2n) is 7.40. The van der Waals surface area contributed by atoms with Crippen LogP contribution in [-0.2, 0) is 24.2 Å². The smallest absolute Gasteiger partial charge is 0.307 e. The number of carboxylic acids is 1. The van der Waals surface area contributed by atoms with Gasteiger partial charge in [-0.1, -0.05) is 29.4 Å². The van der Waals surface area contributed by atoms with Crippen molar-refractivity contribution in [1.82, 2.24) is 15.0 Å². The summed E-state index contributed by atoms with van der Waals surface area (Å²) in [6.07, 6.45) is 5.78. The average Bonchev–Trinajstić information content (AvgIpc) is 3.34. The Hall–Kier alpha value is -2.99. The zero-order valence-corrected chi connectivity index (χ0v) is 15.6. The van der Waals surface area contributed by atoms with Crippen LogP contribution in [0.25, 0.3) is 11.3 Å². The Morgan fingerprint density at radius 1 is 1.21 bits per heavy atom. The fourth-order valence-electron chi connectivity index (χ4n) is 3.78. The van der Waals surface area contributed by atoms with Gasteiger partial charge in [-0.15, -0.1) is 0 Å². The van der Waals surface area contributed by atoms with Crippen LogP contribution in [-0.4, -0.2) is 39.2 Å². The van der Waals surface area contributed by atoms with Crippen molar-refractivity contribution in [2.24, 2.45) is 5.92 Å². The summed E-state index contributed by atoms with van der Waals surface area (Å²) in [5, 5.41) is 13.0. The quantitative estimate of drug-likeness (QED) is 0.680. The van der Waals surface area contributed by atoms with E-state index in [1.807, 2.05) is 30.3 Å². The fraction of sp³-hybridized carbons (Fsp3) is 0.318. The minimum atomic E-state index is -0.793. The van der Waals surface area contributed by atoms with Crippen LogP contribution in [0.1, 0.15) is 23.3 Å². The van der Waals surface area contributed by atoms with Crippen LogP contribution in [0.3, 0.4) is 0 Å². The number of benzene rings is 1. The van der Waals surface area contributed by atoms with Crippen LogP contribution in [0, 0.1) is 5.92 Å². The molecule has 1 saturated heterocycles. The lowest BCUT2D eigenvalue weighted by atomic mass is 9.97. The first-order valence-corrected chi connectivity index (χ1v) is 9.53. The topological polar surface area (TPSA) is 79.5 Å². The molecule has 0 bridgehead atoms. The SMILES string of the molecule is O=C(O)Cc1ccc(CC2CCN(Cc3cc(-c4cccnc4)no3)C2)cc1. The summed E-state index contributed by atoms with van der Waals surface area (Å²) in [7, 11) is 0. The van der Waals surface area contributed by atoms with E-state index in [1.165, 1.54) is 5.56 Å². The van der Waals surface area contributed by atoms with E-state index < -0.39 is 5.97 Å². The Morgan fingerprint density at radius 2 is 2.04 bits per heavy atom. The molecule has 144 valence electrons. The maximum absolute atomic E-state index is 10.8. The molecule has 1 atom stereocenters. The van der Waals surface area contributed by atoms with Gasteiger partial charge in [-0.25, -0.2) is 0 Å². The minimum absolute atomic E-state index is 0.0791. The number of aromatic nitrogens is 2. The summed E-state index contributed by atoms with van der Waals surface area (Å²) < 4.78 is 5.51. The first-order chi connectivity index (χ1) is 13.7. The predicted molar refractivity (Wildman–Crippen MR) is 105 cm³/mol. The number of likely N-dealkylation sites (tertiary alicyclic amines) is 1. The Labute approximate surface area is 163 Å². The normalized spacial score (nSPS) is 17.1. The molecule has 1 unspecified atom stereocenters. The predicted octanol–water partition coefficient (Wildman–Crippen LogP) is 3.43. The highest BCUT2D eigenvalue weighted by atomic mass is 16.5. The summed E-state index contributed by atoms with van der Waals surface area (Å²) in [5.41, 5.74) is 3.89. The van der Waals surface area contributed by atoms with Gasteiger partial charge in [-0.3, -0.25) is 14.7 Å². The van der Waals surface area contributed by atoms with Crippen molar-refractivity contribution in [3.8, 4) is 11.3 Å². The van der Waals surface area contributed by atoms with Crippen molar-refractivity contribution >= 4 is 5.97 Å². The van der Waals surface area contributed by atoms with E-state index in [0.717, 1.165) is 55.1 Å². The molecule has 1 aromatic carbocycles. The van der Waals surface area contributed by atoms with Gasteiger partial charge < -0.3 is 9.63 Å². The molecule has 0 amide bonds. The van der Waals surface area contributed by atoms with Gasteiger partial charge in [0.1, 0.15) is 5.69 Å². The van der Waals surface area contributed by atoms with E-state index >= 15 is 0 Å². The van der Waals surface area contributed by atoms with E-state index in [4.69, 9.17) is 9.63 Å². The Balaban J connectivity index is 1.30. The molecule has 0 spiro atoms. The molecule has 4 rings (SSSR count). The highest BCUT2D eigenvalue weighted by Gasteiger charge is 2.24. The van der Waals surface area contributed by atoms with Crippen molar-refractivity contribution < 1.29 is 14.4 Å². The third kappa shape index (κ3) is 4.64. The highest BCUT2D eigenvalue weighted by molar-refractivity contribution is 5.70. The van der Waals surface area contributed by atoms with Crippen molar-refractivity contribution in [1.29, 1.82) is 0 Å². The number of hydrogen-bond donors (Lipinski definition) is 1. The maximum atomic E-state index is 10.8. The Bertz CT molecular complexity index is 922. The van der Waals surface area contributed by atoms with Crippen molar-refractivity contribution in [2.75, 3.05) is 13.1 Å². The number of rotatable bonds is 7. The molecular weight excluding hydrogens is 354 g/mol. The van der Waals surface area contributed by atoms with Gasteiger partial charge in [0.05, 0.1) is 13.0 Å². The van der Waals surface area contributed by atoms with Gasteiger partial charge in [0.25, 0.3) is 0 Å². The van der Waals surface area contributed by atoms with Crippen LogP contribution in [0.5, 0.6) is 0 Å². The Morgan fingerprint density at radius 3 is 2.79 bits per heavy atom. The van der Waals surface area contributed by atoms with Crippen LogP contribution >= 0.6 is 0 Å². The van der Waals surface area contributed by atoms with Crippen molar-refractivity contribution in [2.45, 2.75) is 25.8 Å². The molecule has 6 nitrogen and oxygen atoms in total. The highest BCUT2D eigenvalue weighted by Crippen LogP contribution is 2.24. The van der Waals surface area contributed by atoms with Crippen molar-refractivity contribution in [3.05, 3.63) is 71.7 Å². The molecule has 6 heteroatoms. The molecule has 0 radical (unpaired) electrons. The molecule has 0 aliphatic carbocycles. The van der Waals surface area contributed by atoms with Crippen LogP contribution in [0.2, 0.25) is 0 Å². The lowest BCUT2D eigenvalue weighted by Crippen LogP contribution is -2.20. The summed E-state index contributed by atoms with van der Waals surface area (Å²) in [5.74, 6) is 0.682. The van der Waals surface area contributed by atoms with E-state index in [1.54, 1.807) is 12.4 Å². The lowest BCUT2D eigenvalue weighted by molar-refractivity contribution is -0.136. The van der Waals surface area contributed by atoms with Gasteiger partial charge in [-0.2, -0.15) is 0 Å². The number of aliphatic carboxylic acids is 1. The van der Waals surface area contributed by atoms with E-state index in [-0.39, 0.29) is 6.42 Å². The molecule has 0 saturated carbocycles. The van der Waals surface area contributed by atoms with E-state index in [9.17, 15) is 4.79 Å². The third-order valence-electron chi connectivity index (χ3n) is 5.17. The van der Waals surface area contributed by atoms with Crippen LogP contribution < -0.4 is 0 Å². The van der Waals surface area contributed by atoms with Gasteiger partial charge in [-0.05, 0) is 48.6 Å². The molecule has 3 heterocycles. The first-order valence-electron chi connectivity index (χ1n) is 9.53. The zero-order valence-electron chi connectivity index (χ0n) is 15.6. The van der Waals surface area contributed by atoms with Crippen LogP contribution in [0.4, 0.5) is 0 Å². The fourth-order valence-corrected chi connectivity index (χ4v) is 3.78. The molecule has 1 aliphatic rings. The number of hydrogen-bond acceptors (Lipinski definition) is 5. The summed E-state index contributed by atoms with van der Waals surface area (Å²) >= 11 is 0. The third-order valence-corrected chi connectivity index (χ3v) is 5.17. The number of carbonyl (C=O) groups is 1. The minimum Gasteiger partial charge on any atom is -0.481 e. The molecule has 2 aromatic heterocycles.